The lowest BCUT2D eigenvalue weighted by molar-refractivity contribution is -0.134. The Labute approximate surface area is 175 Å². The van der Waals surface area contributed by atoms with Gasteiger partial charge in [0.25, 0.3) is 0 Å². The maximum Gasteiger partial charge on any atom is 0.245 e. The number of aromatic nitrogens is 1. The van der Waals surface area contributed by atoms with Gasteiger partial charge in [-0.3, -0.25) is 14.5 Å². The molecule has 0 saturated carbocycles. The largest absolute Gasteiger partial charge is 0.340 e. The number of benzene rings is 1. The Kier molecular flexibility index (Phi) is 5.83. The normalized spacial score (nSPS) is 16.7. The molecule has 0 radical (unpaired) electrons. The standard InChI is InChI=1S/C23H27N3O2S/c1-17(26-16-21(18(2)27)20-8-3-4-9-22(20)26)23(28)25-11-6-10-24(12-13-25)15-19-7-5-14-29-19/h3-5,7-9,14,16-17H,6,10-13,15H2,1-2H3. The van der Waals surface area contributed by atoms with Crippen LogP contribution in [0.1, 0.15) is 41.5 Å². The third kappa shape index (κ3) is 4.14. The molecule has 29 heavy (non-hydrogen) atoms. The van der Waals surface area contributed by atoms with Crippen LogP contribution in [0, 0.1) is 0 Å². The predicted molar refractivity (Wildman–Crippen MR) is 117 cm³/mol. The first kappa shape index (κ1) is 19.9. The second-order valence-electron chi connectivity index (χ2n) is 7.73. The number of para-hydroxylation sites is 1. The Morgan fingerprint density at radius 3 is 2.66 bits per heavy atom. The van der Waals surface area contributed by atoms with Gasteiger partial charge in [0.15, 0.2) is 5.78 Å². The molecule has 3 heterocycles. The van der Waals surface area contributed by atoms with E-state index in [2.05, 4.69) is 22.4 Å². The van der Waals surface area contributed by atoms with Crippen molar-refractivity contribution in [1.29, 1.82) is 0 Å². The lowest BCUT2D eigenvalue weighted by atomic mass is 10.1. The van der Waals surface area contributed by atoms with E-state index in [1.165, 1.54) is 4.88 Å². The lowest BCUT2D eigenvalue weighted by Gasteiger charge is -2.26. The highest BCUT2D eigenvalue weighted by Crippen LogP contribution is 2.26. The fourth-order valence-electron chi connectivity index (χ4n) is 4.16. The van der Waals surface area contributed by atoms with Crippen LogP contribution in [0.4, 0.5) is 0 Å². The topological polar surface area (TPSA) is 45.6 Å². The molecule has 0 aliphatic carbocycles. The van der Waals surface area contributed by atoms with Crippen molar-refractivity contribution >= 4 is 33.9 Å². The summed E-state index contributed by atoms with van der Waals surface area (Å²) in [5.41, 5.74) is 1.62. The summed E-state index contributed by atoms with van der Waals surface area (Å²) < 4.78 is 1.96. The van der Waals surface area contributed by atoms with E-state index in [4.69, 9.17) is 0 Å². The first-order chi connectivity index (χ1) is 14.0. The van der Waals surface area contributed by atoms with Crippen LogP contribution in [0.3, 0.4) is 0 Å². The molecule has 6 heteroatoms. The van der Waals surface area contributed by atoms with Crippen molar-refractivity contribution in [2.24, 2.45) is 0 Å². The van der Waals surface area contributed by atoms with E-state index in [9.17, 15) is 9.59 Å². The number of fused-ring (bicyclic) bond motifs is 1. The second-order valence-corrected chi connectivity index (χ2v) is 8.77. The highest BCUT2D eigenvalue weighted by molar-refractivity contribution is 7.09. The average Bonchev–Trinajstić information content (AvgIpc) is 3.30. The van der Waals surface area contributed by atoms with Gasteiger partial charge in [0.2, 0.25) is 5.91 Å². The summed E-state index contributed by atoms with van der Waals surface area (Å²) in [4.78, 5) is 31.2. The quantitative estimate of drug-likeness (QED) is 0.593. The number of ketones is 1. The number of carbonyl (C=O) groups is 2. The summed E-state index contributed by atoms with van der Waals surface area (Å²) in [6, 6.07) is 11.7. The van der Waals surface area contributed by atoms with Gasteiger partial charge in [-0.25, -0.2) is 0 Å². The molecular formula is C23H27N3O2S. The molecule has 1 saturated heterocycles. The summed E-state index contributed by atoms with van der Waals surface area (Å²) in [6.07, 6.45) is 2.82. The molecule has 1 amide bonds. The molecule has 0 bridgehead atoms. The van der Waals surface area contributed by atoms with Crippen molar-refractivity contribution in [3.63, 3.8) is 0 Å². The molecule has 1 atom stereocenters. The number of thiophene rings is 1. The number of Topliss-reactive ketones (excluding diaryl/α,β-unsaturated/α-hetero) is 1. The Morgan fingerprint density at radius 2 is 1.90 bits per heavy atom. The summed E-state index contributed by atoms with van der Waals surface area (Å²) in [6.45, 7) is 7.90. The van der Waals surface area contributed by atoms with E-state index in [0.29, 0.717) is 5.56 Å². The first-order valence-electron chi connectivity index (χ1n) is 10.2. The smallest absolute Gasteiger partial charge is 0.245 e. The second kappa shape index (κ2) is 8.51. The van der Waals surface area contributed by atoms with Crippen LogP contribution < -0.4 is 0 Å². The number of hydrogen-bond donors (Lipinski definition) is 0. The van der Waals surface area contributed by atoms with E-state index in [0.717, 1.165) is 50.0 Å². The van der Waals surface area contributed by atoms with Crippen molar-refractivity contribution in [3.05, 3.63) is 58.4 Å². The molecule has 2 aromatic heterocycles. The van der Waals surface area contributed by atoms with Gasteiger partial charge in [0, 0.05) is 60.3 Å². The number of nitrogens with zero attached hydrogens (tertiary/aromatic N) is 3. The maximum absolute atomic E-state index is 13.3. The zero-order valence-electron chi connectivity index (χ0n) is 17.0. The van der Waals surface area contributed by atoms with Crippen LogP contribution in [0.15, 0.2) is 48.0 Å². The molecule has 152 valence electrons. The third-order valence-corrected chi connectivity index (χ3v) is 6.62. The van der Waals surface area contributed by atoms with Gasteiger partial charge < -0.3 is 9.47 Å². The van der Waals surface area contributed by atoms with Crippen molar-refractivity contribution < 1.29 is 9.59 Å². The van der Waals surface area contributed by atoms with Crippen molar-refractivity contribution in [2.45, 2.75) is 32.9 Å². The van der Waals surface area contributed by atoms with Crippen LogP contribution in [0.2, 0.25) is 0 Å². The fraction of sp³-hybridized carbons (Fsp3) is 0.391. The molecule has 1 aromatic carbocycles. The number of amides is 1. The Morgan fingerprint density at radius 1 is 1.07 bits per heavy atom. The highest BCUT2D eigenvalue weighted by atomic mass is 32.1. The van der Waals surface area contributed by atoms with Crippen LogP contribution in [-0.4, -0.2) is 52.2 Å². The van der Waals surface area contributed by atoms with Gasteiger partial charge in [-0.1, -0.05) is 24.3 Å². The molecule has 0 spiro atoms. The molecule has 4 rings (SSSR count). The van der Waals surface area contributed by atoms with Gasteiger partial charge in [0.1, 0.15) is 6.04 Å². The molecular weight excluding hydrogens is 382 g/mol. The number of carbonyl (C=O) groups excluding carboxylic acids is 2. The Balaban J connectivity index is 1.49. The zero-order chi connectivity index (χ0) is 20.4. The van der Waals surface area contributed by atoms with Crippen molar-refractivity contribution in [3.8, 4) is 0 Å². The van der Waals surface area contributed by atoms with Crippen molar-refractivity contribution in [2.75, 3.05) is 26.2 Å². The van der Waals surface area contributed by atoms with E-state index >= 15 is 0 Å². The molecule has 1 aliphatic heterocycles. The molecule has 3 aromatic rings. The third-order valence-electron chi connectivity index (χ3n) is 5.75. The van der Waals surface area contributed by atoms with Gasteiger partial charge in [-0.15, -0.1) is 11.3 Å². The SMILES string of the molecule is CC(=O)c1cn(C(C)C(=O)N2CCCN(Cc3cccs3)CC2)c2ccccc12. The zero-order valence-corrected chi connectivity index (χ0v) is 17.8. The molecule has 1 unspecified atom stereocenters. The fourth-order valence-corrected chi connectivity index (χ4v) is 4.91. The highest BCUT2D eigenvalue weighted by Gasteiger charge is 2.26. The average molecular weight is 410 g/mol. The maximum atomic E-state index is 13.3. The van der Waals surface area contributed by atoms with E-state index < -0.39 is 0 Å². The summed E-state index contributed by atoms with van der Waals surface area (Å²) >= 11 is 1.79. The first-order valence-corrected chi connectivity index (χ1v) is 11.1. The van der Waals surface area contributed by atoms with E-state index in [-0.39, 0.29) is 17.7 Å². The Bertz CT molecular complexity index is 1010. The summed E-state index contributed by atoms with van der Waals surface area (Å²) in [5, 5.41) is 3.03. The van der Waals surface area contributed by atoms with Crippen LogP contribution in [0.25, 0.3) is 10.9 Å². The minimum Gasteiger partial charge on any atom is -0.340 e. The molecule has 5 nitrogen and oxygen atoms in total. The minimum absolute atomic E-state index is 0.0265. The van der Waals surface area contributed by atoms with Crippen LogP contribution >= 0.6 is 11.3 Å². The molecule has 1 aliphatic rings. The monoisotopic (exact) mass is 409 g/mol. The number of rotatable bonds is 5. The van der Waals surface area contributed by atoms with Gasteiger partial charge in [0.05, 0.1) is 0 Å². The van der Waals surface area contributed by atoms with Gasteiger partial charge in [-0.2, -0.15) is 0 Å². The van der Waals surface area contributed by atoms with Gasteiger partial charge >= 0.3 is 0 Å². The predicted octanol–water partition coefficient (Wildman–Crippen LogP) is 4.20. The lowest BCUT2D eigenvalue weighted by Crippen LogP contribution is -2.38. The van der Waals surface area contributed by atoms with Crippen molar-refractivity contribution in [1.82, 2.24) is 14.4 Å². The van der Waals surface area contributed by atoms with Crippen LogP contribution in [0.5, 0.6) is 0 Å². The Hall–Kier alpha value is -2.44. The molecule has 1 fully saturated rings. The summed E-state index contributed by atoms with van der Waals surface area (Å²) in [7, 11) is 0. The van der Waals surface area contributed by atoms with E-state index in [1.807, 2.05) is 46.9 Å². The van der Waals surface area contributed by atoms with E-state index in [1.54, 1.807) is 18.3 Å². The number of hydrogen-bond acceptors (Lipinski definition) is 4. The molecule has 0 N–H and O–H groups in total. The summed E-state index contributed by atoms with van der Waals surface area (Å²) in [5.74, 6) is 0.150. The van der Waals surface area contributed by atoms with Gasteiger partial charge in [-0.05, 0) is 37.8 Å². The van der Waals surface area contributed by atoms with Crippen LogP contribution in [-0.2, 0) is 11.3 Å². The minimum atomic E-state index is -0.336.